The number of hydrazone groups is 1. The van der Waals surface area contributed by atoms with E-state index >= 15 is 0 Å². The van der Waals surface area contributed by atoms with Crippen molar-refractivity contribution in [3.05, 3.63) is 82.9 Å². The summed E-state index contributed by atoms with van der Waals surface area (Å²) in [6.45, 7) is 5.42. The van der Waals surface area contributed by atoms with E-state index in [0.717, 1.165) is 22.6 Å². The Labute approximate surface area is 227 Å². The normalized spacial score (nSPS) is 15.1. The van der Waals surface area contributed by atoms with Crippen LogP contribution in [0.15, 0.2) is 71.8 Å². The average Bonchev–Trinajstić information content (AvgIpc) is 3.31. The van der Waals surface area contributed by atoms with Crippen molar-refractivity contribution in [1.29, 1.82) is 0 Å². The number of carbonyl (C=O) groups is 2. The Morgan fingerprint density at radius 2 is 1.79 bits per heavy atom. The zero-order chi connectivity index (χ0) is 26.9. The number of rotatable bonds is 11. The zero-order valence-electron chi connectivity index (χ0n) is 21.4. The molecule has 4 rings (SSSR count). The molecule has 0 radical (unpaired) electrons. The summed E-state index contributed by atoms with van der Waals surface area (Å²) in [5, 5.41) is 4.73. The number of nitrogens with zero attached hydrogens (tertiary/aromatic N) is 2. The Morgan fingerprint density at radius 1 is 1.03 bits per heavy atom. The predicted octanol–water partition coefficient (Wildman–Crippen LogP) is 5.22. The van der Waals surface area contributed by atoms with Gasteiger partial charge in [-0.2, -0.15) is 5.10 Å². The van der Waals surface area contributed by atoms with E-state index in [1.54, 1.807) is 17.0 Å². The molecule has 2 amide bonds. The van der Waals surface area contributed by atoms with E-state index in [0.29, 0.717) is 42.9 Å². The lowest BCUT2D eigenvalue weighted by Crippen LogP contribution is -2.30. The van der Waals surface area contributed by atoms with Crippen molar-refractivity contribution in [1.82, 2.24) is 5.43 Å². The van der Waals surface area contributed by atoms with E-state index in [1.807, 2.05) is 68.4 Å². The minimum atomic E-state index is -0.495. The van der Waals surface area contributed by atoms with Gasteiger partial charge in [0.1, 0.15) is 12.4 Å². The van der Waals surface area contributed by atoms with E-state index in [1.165, 1.54) is 6.21 Å². The fourth-order valence-corrected chi connectivity index (χ4v) is 4.24. The summed E-state index contributed by atoms with van der Waals surface area (Å²) in [6.07, 6.45) is 1.65. The Bertz CT molecular complexity index is 1300. The number of nitrogens with one attached hydrogen (secondary N) is 1. The molecule has 9 heteroatoms. The maximum absolute atomic E-state index is 12.7. The number of carbonyl (C=O) groups excluding carboxylic acids is 2. The second kappa shape index (κ2) is 13.0. The van der Waals surface area contributed by atoms with Crippen molar-refractivity contribution in [3.63, 3.8) is 0 Å². The maximum Gasteiger partial charge on any atom is 0.245 e. The highest BCUT2D eigenvalue weighted by molar-refractivity contribution is 6.31. The lowest BCUT2D eigenvalue weighted by molar-refractivity contribution is -0.126. The highest BCUT2D eigenvalue weighted by atomic mass is 35.5. The lowest BCUT2D eigenvalue weighted by Gasteiger charge is -2.17. The van der Waals surface area contributed by atoms with Gasteiger partial charge in [0.25, 0.3) is 0 Å². The first-order chi connectivity index (χ1) is 18.5. The number of halogens is 1. The van der Waals surface area contributed by atoms with Crippen LogP contribution < -0.4 is 24.5 Å². The van der Waals surface area contributed by atoms with Crippen LogP contribution in [-0.2, 0) is 16.2 Å². The molecule has 0 unspecified atom stereocenters. The van der Waals surface area contributed by atoms with Gasteiger partial charge in [-0.3, -0.25) is 9.59 Å². The second-order valence-electron chi connectivity index (χ2n) is 8.59. The number of amides is 2. The lowest BCUT2D eigenvalue weighted by atomic mass is 10.1. The quantitative estimate of drug-likeness (QED) is 0.268. The molecule has 198 valence electrons. The third-order valence-electron chi connectivity index (χ3n) is 5.95. The van der Waals surface area contributed by atoms with Gasteiger partial charge in [-0.1, -0.05) is 29.8 Å². The first kappa shape index (κ1) is 27.0. The van der Waals surface area contributed by atoms with Crippen molar-refractivity contribution in [2.24, 2.45) is 11.0 Å². The molecular weight excluding hydrogens is 506 g/mol. The van der Waals surface area contributed by atoms with Crippen LogP contribution in [0.1, 0.15) is 31.4 Å². The summed E-state index contributed by atoms with van der Waals surface area (Å²) in [5.74, 6) is 0.957. The molecular formula is C29H30ClN3O5. The Hall–Kier alpha value is -4.04. The molecule has 1 heterocycles. The van der Waals surface area contributed by atoms with Crippen LogP contribution in [-0.4, -0.2) is 37.8 Å². The molecule has 0 aromatic heterocycles. The molecule has 1 aliphatic heterocycles. The van der Waals surface area contributed by atoms with Gasteiger partial charge in [-0.05, 0) is 67.9 Å². The van der Waals surface area contributed by atoms with E-state index in [9.17, 15) is 9.59 Å². The van der Waals surface area contributed by atoms with Crippen LogP contribution >= 0.6 is 11.6 Å². The summed E-state index contributed by atoms with van der Waals surface area (Å²) < 4.78 is 17.1. The number of ether oxygens (including phenoxy) is 3. The molecule has 0 saturated carbocycles. The van der Waals surface area contributed by atoms with Crippen molar-refractivity contribution in [2.45, 2.75) is 26.9 Å². The smallest absolute Gasteiger partial charge is 0.245 e. The van der Waals surface area contributed by atoms with E-state index in [-0.39, 0.29) is 18.2 Å². The summed E-state index contributed by atoms with van der Waals surface area (Å²) in [7, 11) is 0. The minimum Gasteiger partial charge on any atom is -0.494 e. The van der Waals surface area contributed by atoms with Crippen molar-refractivity contribution in [3.8, 4) is 17.2 Å². The molecule has 1 aliphatic rings. The Balaban J connectivity index is 1.34. The van der Waals surface area contributed by atoms with Crippen molar-refractivity contribution >= 4 is 35.3 Å². The summed E-state index contributed by atoms with van der Waals surface area (Å²) >= 11 is 6.22. The van der Waals surface area contributed by atoms with Gasteiger partial charge in [0, 0.05) is 29.2 Å². The summed E-state index contributed by atoms with van der Waals surface area (Å²) in [6, 6.07) is 20.1. The molecule has 0 aliphatic carbocycles. The number of hydrogen-bond donors (Lipinski definition) is 1. The van der Waals surface area contributed by atoms with Gasteiger partial charge >= 0.3 is 0 Å². The first-order valence-corrected chi connectivity index (χ1v) is 12.9. The Kier molecular flexibility index (Phi) is 9.21. The van der Waals surface area contributed by atoms with Crippen LogP contribution in [0.3, 0.4) is 0 Å². The third-order valence-corrected chi connectivity index (χ3v) is 6.32. The van der Waals surface area contributed by atoms with E-state index in [2.05, 4.69) is 10.5 Å². The van der Waals surface area contributed by atoms with Crippen LogP contribution in [0.2, 0.25) is 5.02 Å². The SMILES string of the molecule is CCOc1ccc(N2C[C@@H](C(=O)N/N=C\c3ccc(OCc4ccccc4Cl)c(OCC)c3)CC2=O)cc1. The van der Waals surface area contributed by atoms with Crippen molar-refractivity contribution < 1.29 is 23.8 Å². The summed E-state index contributed by atoms with van der Waals surface area (Å²) in [4.78, 5) is 26.8. The molecule has 3 aromatic rings. The first-order valence-electron chi connectivity index (χ1n) is 12.5. The molecule has 8 nitrogen and oxygen atoms in total. The van der Waals surface area contributed by atoms with Crippen LogP contribution in [0.4, 0.5) is 5.69 Å². The largest absolute Gasteiger partial charge is 0.494 e. The fourth-order valence-electron chi connectivity index (χ4n) is 4.05. The van der Waals surface area contributed by atoms with Gasteiger partial charge in [0.15, 0.2) is 11.5 Å². The zero-order valence-corrected chi connectivity index (χ0v) is 22.1. The van der Waals surface area contributed by atoms with Crippen LogP contribution in [0.5, 0.6) is 17.2 Å². The van der Waals surface area contributed by atoms with Crippen LogP contribution in [0, 0.1) is 5.92 Å². The topological polar surface area (TPSA) is 89.5 Å². The molecule has 1 saturated heterocycles. The number of anilines is 1. The molecule has 0 bridgehead atoms. The van der Waals surface area contributed by atoms with Gasteiger partial charge in [-0.25, -0.2) is 5.43 Å². The molecule has 1 atom stereocenters. The van der Waals surface area contributed by atoms with Crippen molar-refractivity contribution in [2.75, 3.05) is 24.7 Å². The highest BCUT2D eigenvalue weighted by Crippen LogP contribution is 2.30. The molecule has 38 heavy (non-hydrogen) atoms. The van der Waals surface area contributed by atoms with Gasteiger partial charge in [-0.15, -0.1) is 0 Å². The monoisotopic (exact) mass is 535 g/mol. The van der Waals surface area contributed by atoms with E-state index < -0.39 is 5.92 Å². The molecule has 0 spiro atoms. The fraction of sp³-hybridized carbons (Fsp3) is 0.276. The average molecular weight is 536 g/mol. The molecule has 3 aromatic carbocycles. The standard InChI is InChI=1S/C29H30ClN3O5/c1-3-36-24-12-10-23(11-13-24)33-18-22(16-28(33)34)29(35)32-31-17-20-9-14-26(27(15-20)37-4-2)38-19-21-7-5-6-8-25(21)30/h5-15,17,22H,3-4,16,18-19H2,1-2H3,(H,32,35)/b31-17-/t22-/m0/s1. The van der Waals surface area contributed by atoms with Gasteiger partial charge < -0.3 is 19.1 Å². The molecule has 1 N–H and O–H groups in total. The van der Waals surface area contributed by atoms with Gasteiger partial charge in [0.05, 0.1) is 25.3 Å². The predicted molar refractivity (Wildman–Crippen MR) is 147 cm³/mol. The maximum atomic E-state index is 12.7. The second-order valence-corrected chi connectivity index (χ2v) is 8.99. The van der Waals surface area contributed by atoms with Crippen LogP contribution in [0.25, 0.3) is 0 Å². The van der Waals surface area contributed by atoms with E-state index in [4.69, 9.17) is 25.8 Å². The van der Waals surface area contributed by atoms with Gasteiger partial charge in [0.2, 0.25) is 11.8 Å². The third kappa shape index (κ3) is 6.83. The number of hydrogen-bond acceptors (Lipinski definition) is 6. The minimum absolute atomic E-state index is 0.105. The number of benzene rings is 3. The Morgan fingerprint density at radius 3 is 2.53 bits per heavy atom. The summed E-state index contributed by atoms with van der Waals surface area (Å²) in [5.41, 5.74) is 4.88. The molecule has 1 fully saturated rings. The highest BCUT2D eigenvalue weighted by Gasteiger charge is 2.35.